The van der Waals surface area contributed by atoms with Gasteiger partial charge in [0.1, 0.15) is 16.6 Å². The molecule has 0 fully saturated rings. The van der Waals surface area contributed by atoms with Crippen LogP contribution in [-0.2, 0) is 6.42 Å². The van der Waals surface area contributed by atoms with E-state index in [0.29, 0.717) is 27.3 Å². The van der Waals surface area contributed by atoms with Crippen molar-refractivity contribution in [2.24, 2.45) is 0 Å². The zero-order valence-electron chi connectivity index (χ0n) is 22.0. The SMILES string of the molecule is O=C(N[C@H](Cc1ccccn1)CN1C(=O)c2ccccc2C1=O)c1cccc(F)c1-c1ncc(-c2ccc(F)cc2)s1. The van der Waals surface area contributed by atoms with Crippen molar-refractivity contribution in [3.63, 3.8) is 0 Å². The number of amides is 3. The first-order chi connectivity index (χ1) is 20.4. The molecule has 7 nitrogen and oxygen atoms in total. The van der Waals surface area contributed by atoms with E-state index >= 15 is 4.39 Å². The van der Waals surface area contributed by atoms with Gasteiger partial charge in [-0.25, -0.2) is 13.8 Å². The van der Waals surface area contributed by atoms with Crippen LogP contribution in [0.1, 0.15) is 36.8 Å². The number of carbonyl (C=O) groups excluding carboxylic acids is 3. The fourth-order valence-corrected chi connectivity index (χ4v) is 5.87. The molecule has 0 bridgehead atoms. The topological polar surface area (TPSA) is 92.3 Å². The van der Waals surface area contributed by atoms with Crippen molar-refractivity contribution in [2.45, 2.75) is 12.5 Å². The standard InChI is InChI=1S/C32H22F2N4O3S/c33-20-13-11-19(12-14-20)27-17-36-30(42-27)28-25(9-5-10-26(28)34)29(39)37-22(16-21-6-3-4-15-35-21)18-38-31(40)23-7-1-2-8-24(23)32(38)41/h1-15,17,22H,16,18H2,(H,37,39)/t22-/m1/s1. The molecule has 208 valence electrons. The Labute approximate surface area is 243 Å². The third kappa shape index (κ3) is 5.31. The summed E-state index contributed by atoms with van der Waals surface area (Å²) in [5.74, 6) is -2.50. The zero-order chi connectivity index (χ0) is 29.2. The van der Waals surface area contributed by atoms with Crippen LogP contribution in [0.2, 0.25) is 0 Å². The van der Waals surface area contributed by atoms with Crippen LogP contribution >= 0.6 is 11.3 Å². The highest BCUT2D eigenvalue weighted by atomic mass is 32.1. The Hall–Kier alpha value is -5.09. The van der Waals surface area contributed by atoms with E-state index in [1.807, 2.05) is 0 Å². The van der Waals surface area contributed by atoms with Crippen molar-refractivity contribution in [2.75, 3.05) is 6.54 Å². The lowest BCUT2D eigenvalue weighted by atomic mass is 10.0. The van der Waals surface area contributed by atoms with Gasteiger partial charge in [-0.05, 0) is 54.1 Å². The molecule has 5 aromatic rings. The minimum absolute atomic E-state index is 0.0191. The number of hydrogen-bond acceptors (Lipinski definition) is 6. The van der Waals surface area contributed by atoms with Gasteiger partial charge in [-0.3, -0.25) is 24.3 Å². The summed E-state index contributed by atoms with van der Waals surface area (Å²) in [7, 11) is 0. The first-order valence-electron chi connectivity index (χ1n) is 13.1. The van der Waals surface area contributed by atoms with Crippen LogP contribution in [0.15, 0.2) is 97.3 Å². The van der Waals surface area contributed by atoms with Gasteiger partial charge in [0.25, 0.3) is 17.7 Å². The van der Waals surface area contributed by atoms with E-state index < -0.39 is 29.6 Å². The lowest BCUT2D eigenvalue weighted by molar-refractivity contribution is 0.0628. The van der Waals surface area contributed by atoms with Crippen molar-refractivity contribution >= 4 is 29.1 Å². The molecule has 2 aromatic heterocycles. The lowest BCUT2D eigenvalue weighted by Gasteiger charge is -2.24. The van der Waals surface area contributed by atoms with Crippen molar-refractivity contribution in [1.29, 1.82) is 0 Å². The highest BCUT2D eigenvalue weighted by Crippen LogP contribution is 2.35. The summed E-state index contributed by atoms with van der Waals surface area (Å²) >= 11 is 1.17. The molecular weight excluding hydrogens is 558 g/mol. The van der Waals surface area contributed by atoms with Gasteiger partial charge in [-0.15, -0.1) is 11.3 Å². The van der Waals surface area contributed by atoms with E-state index in [4.69, 9.17) is 0 Å². The number of benzene rings is 3. The number of hydrogen-bond donors (Lipinski definition) is 1. The molecule has 0 spiro atoms. The third-order valence-corrected chi connectivity index (χ3v) is 7.97. The lowest BCUT2D eigenvalue weighted by Crippen LogP contribution is -2.47. The molecular formula is C32H22F2N4O3S. The number of imide groups is 1. The van der Waals surface area contributed by atoms with Crippen LogP contribution < -0.4 is 5.32 Å². The largest absolute Gasteiger partial charge is 0.347 e. The average molecular weight is 581 g/mol. The molecule has 1 aliphatic rings. The molecule has 0 unspecified atom stereocenters. The van der Waals surface area contributed by atoms with Gasteiger partial charge in [0.05, 0.1) is 33.2 Å². The number of halogens is 2. The number of aromatic nitrogens is 2. The normalized spacial score (nSPS) is 13.2. The molecule has 1 atom stereocenters. The maximum atomic E-state index is 15.3. The third-order valence-electron chi connectivity index (χ3n) is 6.90. The van der Waals surface area contributed by atoms with Gasteiger partial charge in [0.2, 0.25) is 0 Å². The number of nitrogens with zero attached hydrogens (tertiary/aromatic N) is 3. The van der Waals surface area contributed by atoms with Gasteiger partial charge >= 0.3 is 0 Å². The number of carbonyl (C=O) groups is 3. The molecule has 0 saturated carbocycles. The van der Waals surface area contributed by atoms with Gasteiger partial charge in [0.15, 0.2) is 0 Å². The maximum Gasteiger partial charge on any atom is 0.261 e. The van der Waals surface area contributed by atoms with Crippen LogP contribution in [0.4, 0.5) is 8.78 Å². The average Bonchev–Trinajstić information content (AvgIpc) is 3.57. The van der Waals surface area contributed by atoms with Gasteiger partial charge in [-0.2, -0.15) is 0 Å². The van der Waals surface area contributed by atoms with E-state index in [1.165, 1.54) is 41.7 Å². The number of thiazole rings is 1. The van der Waals surface area contributed by atoms with Crippen LogP contribution in [0.5, 0.6) is 0 Å². The Morgan fingerprint density at radius 2 is 1.57 bits per heavy atom. The molecule has 1 aliphatic heterocycles. The fourth-order valence-electron chi connectivity index (χ4n) is 4.89. The van der Waals surface area contributed by atoms with E-state index in [0.717, 1.165) is 4.90 Å². The molecule has 42 heavy (non-hydrogen) atoms. The van der Waals surface area contributed by atoms with Gasteiger partial charge < -0.3 is 5.32 Å². The Balaban J connectivity index is 1.30. The van der Waals surface area contributed by atoms with Crippen LogP contribution in [0.3, 0.4) is 0 Å². The van der Waals surface area contributed by atoms with Crippen molar-refractivity contribution in [3.05, 3.63) is 131 Å². The highest BCUT2D eigenvalue weighted by molar-refractivity contribution is 7.18. The second kappa shape index (κ2) is 11.4. The first-order valence-corrected chi connectivity index (χ1v) is 13.9. The minimum Gasteiger partial charge on any atom is -0.347 e. The number of pyridine rings is 1. The van der Waals surface area contributed by atoms with Gasteiger partial charge in [0, 0.05) is 31.1 Å². The van der Waals surface area contributed by atoms with E-state index in [-0.39, 0.29) is 34.9 Å². The predicted octanol–water partition coefficient (Wildman–Crippen LogP) is 5.79. The molecule has 3 aromatic carbocycles. The Morgan fingerprint density at radius 3 is 2.26 bits per heavy atom. The summed E-state index contributed by atoms with van der Waals surface area (Å²) in [6.45, 7) is -0.106. The fraction of sp³-hybridized carbons (Fsp3) is 0.0938. The Bertz CT molecular complexity index is 1770. The number of fused-ring (bicyclic) bond motifs is 1. The van der Waals surface area contributed by atoms with E-state index in [1.54, 1.807) is 67.0 Å². The molecule has 3 amide bonds. The first kappa shape index (κ1) is 27.1. The molecule has 1 N–H and O–H groups in total. The van der Waals surface area contributed by atoms with Crippen LogP contribution in [-0.4, -0.2) is 45.2 Å². The summed E-state index contributed by atoms with van der Waals surface area (Å²) in [5.41, 5.74) is 2.02. The van der Waals surface area contributed by atoms with E-state index in [2.05, 4.69) is 15.3 Å². The van der Waals surface area contributed by atoms with Crippen molar-refractivity contribution in [1.82, 2.24) is 20.2 Å². The molecule has 10 heteroatoms. The monoisotopic (exact) mass is 580 g/mol. The van der Waals surface area contributed by atoms with Crippen LogP contribution in [0.25, 0.3) is 21.0 Å². The maximum absolute atomic E-state index is 15.3. The smallest absolute Gasteiger partial charge is 0.261 e. The summed E-state index contributed by atoms with van der Waals surface area (Å²) in [4.78, 5) is 50.3. The summed E-state index contributed by atoms with van der Waals surface area (Å²) in [6.07, 6.45) is 3.38. The summed E-state index contributed by atoms with van der Waals surface area (Å²) in [5, 5.41) is 3.18. The molecule has 3 heterocycles. The number of rotatable bonds is 8. The quantitative estimate of drug-likeness (QED) is 0.235. The molecule has 0 radical (unpaired) electrons. The summed E-state index contributed by atoms with van der Waals surface area (Å²) < 4.78 is 28.7. The Kier molecular flexibility index (Phi) is 7.37. The van der Waals surface area contributed by atoms with E-state index in [9.17, 15) is 18.8 Å². The molecule has 0 aliphatic carbocycles. The highest BCUT2D eigenvalue weighted by Gasteiger charge is 2.37. The second-order valence-corrected chi connectivity index (χ2v) is 10.7. The van der Waals surface area contributed by atoms with Gasteiger partial charge in [-0.1, -0.05) is 36.4 Å². The summed E-state index contributed by atoms with van der Waals surface area (Å²) in [6, 6.07) is 21.2. The molecule has 0 saturated heterocycles. The zero-order valence-corrected chi connectivity index (χ0v) is 22.8. The predicted molar refractivity (Wildman–Crippen MR) is 154 cm³/mol. The minimum atomic E-state index is -0.725. The van der Waals surface area contributed by atoms with Crippen molar-refractivity contribution < 1.29 is 23.2 Å². The van der Waals surface area contributed by atoms with Crippen molar-refractivity contribution in [3.8, 4) is 21.0 Å². The van der Waals surface area contributed by atoms with Crippen LogP contribution in [0, 0.1) is 11.6 Å². The second-order valence-electron chi connectivity index (χ2n) is 9.66. The number of nitrogens with one attached hydrogen (secondary N) is 1. The molecule has 6 rings (SSSR count). The Morgan fingerprint density at radius 1 is 0.857 bits per heavy atom.